The predicted octanol–water partition coefficient (Wildman–Crippen LogP) is 27.1. The standard InChI is InChI=1S/C18H22ClN3O2SSi.C17H16ClF3N2.C17H20ClN3O2Si.C15H12ClF3N2O.C15H12ClF3N2.C13H6ClF3N2.CH4.HI.K.H2.H/c1-25-18-20-10-14-16(23)13-9-12(19)5-6-15(13)22(17(14)21-18)11-24-7-8-26(2,3)4;1-2-3-8-16(17(19,20)21)12-5-4-9-22-15(12)23-14-7-6-11(18)10-13(14)16;1-24(2,3)7-6-23-11-21-15-5-4-12(18)8-13(15)16(22)14-9-19-10-20-17(14)21;1-2-22-14(15(17,18)19)10-4-3-7-20-13(10)21-12-6-5-9(16)8-11(12)14;1-2-14(15(17,18)19)10-4-3-7-20-13(10)21-12-6-5-9(16)8-11(12)14;14-7-3-4-10-9(6-7)11(13(15,16)17)8-2-1-5-18-12(8)19-10;;;;;/h5-6,9-10H,7-8,11H2,1-4H3;4-7,9-10H,2-3,8H2,1H3,(H,22,23);4-5,8-10H,6-7,11H2,1-3H3;3-8H,2H2,1H3,(H,20,21);3-8H,2H2,1H3,(H,20,21);1-6H;1H4;1H;;1H;/q;;;;;;;;+1;;-1. The second-order valence-corrected chi connectivity index (χ2v) is 48.6. The van der Waals surface area contributed by atoms with Crippen molar-refractivity contribution in [3.63, 3.8) is 0 Å². The van der Waals surface area contributed by atoms with Crippen LogP contribution in [0.25, 0.3) is 65.8 Å². The number of nitrogens with zero attached hydrogens (tertiary/aromatic N) is 11. The number of alkyl halides is 12. The van der Waals surface area contributed by atoms with Gasteiger partial charge in [0.25, 0.3) is 0 Å². The van der Waals surface area contributed by atoms with Gasteiger partial charge in [0, 0.05) is 166 Å². The SMILES string of the molecule is C.CCC1(C(F)(F)F)c2cc(Cl)ccc2Nc2ncccc21.CCCCC1(C(F)(F)F)c2cc(Cl)ccc2Nc2ncccc21.CCOC1(C(F)(F)F)c2cc(Cl)ccc2Nc2ncccc21.CSc1ncc2c(=O)c3cc(Cl)ccc3n(COCC[Si](C)(C)C)c2n1.C[Si](C)(C)CCOCn1c2ccc(Cl)cc2c(=O)c2cncnc21.FC(F)(F)c1c2cc(Cl)ccc2nc2ncccc12.I.[H-].[HH].[K+]. The van der Waals surface area contributed by atoms with Crippen molar-refractivity contribution in [3.8, 4) is 0 Å². The van der Waals surface area contributed by atoms with Crippen molar-refractivity contribution in [2.24, 2.45) is 0 Å². The second kappa shape index (κ2) is 46.2. The van der Waals surface area contributed by atoms with E-state index in [-0.39, 0.29) is 209 Å². The first-order valence-electron chi connectivity index (χ1n) is 42.3. The molecular weight excluding hydrogens is 2120 g/mol. The van der Waals surface area contributed by atoms with Gasteiger partial charge < -0.3 is 40.7 Å². The van der Waals surface area contributed by atoms with Crippen LogP contribution < -0.4 is 78.2 Å². The van der Waals surface area contributed by atoms with Gasteiger partial charge in [0.1, 0.15) is 53.7 Å². The molecule has 0 saturated heterocycles. The summed E-state index contributed by atoms with van der Waals surface area (Å²) in [6.07, 6.45) is -4.75. The van der Waals surface area contributed by atoms with Crippen LogP contribution in [0.3, 0.4) is 0 Å². The van der Waals surface area contributed by atoms with Gasteiger partial charge in [-0.15, -0.1) is 24.0 Å². The topological polar surface area (TPSA) is 224 Å². The molecule has 0 radical (unpaired) electrons. The Labute approximate surface area is 885 Å². The van der Waals surface area contributed by atoms with Crippen molar-refractivity contribution in [1.29, 1.82) is 0 Å². The fraction of sp³-hybridized carbons (Fsp3) is 0.302. The third kappa shape index (κ3) is 24.1. The fourth-order valence-corrected chi connectivity index (χ4v) is 19.1. The zero-order valence-electron chi connectivity index (χ0n) is 76.4. The van der Waals surface area contributed by atoms with Gasteiger partial charge >= 0.3 is 76.1 Å². The van der Waals surface area contributed by atoms with E-state index in [2.05, 4.69) is 100 Å². The van der Waals surface area contributed by atoms with Gasteiger partial charge in [0.15, 0.2) is 27.3 Å². The molecule has 3 N–H and O–H groups in total. The fourth-order valence-electron chi connectivity index (χ4n) is 16.3. The number of halogens is 19. The van der Waals surface area contributed by atoms with Crippen LogP contribution in [0.4, 0.5) is 87.2 Å². The first-order valence-corrected chi connectivity index (χ1v) is 53.2. The van der Waals surface area contributed by atoms with Gasteiger partial charge in [0.05, 0.1) is 32.9 Å². The summed E-state index contributed by atoms with van der Waals surface area (Å²) in [4.78, 5) is 62.8. The van der Waals surface area contributed by atoms with E-state index in [1.807, 2.05) is 34.4 Å². The number of fused-ring (bicyclic) bond motifs is 12. The summed E-state index contributed by atoms with van der Waals surface area (Å²) in [6.45, 7) is 20.8. The minimum atomic E-state index is -4.66. The molecule has 0 saturated carbocycles. The van der Waals surface area contributed by atoms with E-state index in [1.54, 1.807) is 67.0 Å². The molecule has 9 aromatic heterocycles. The third-order valence-electron chi connectivity index (χ3n) is 22.7. The van der Waals surface area contributed by atoms with Crippen molar-refractivity contribution in [3.05, 3.63) is 291 Å². The number of rotatable bonds is 17. The Morgan fingerprint density at radius 2 is 0.899 bits per heavy atom. The van der Waals surface area contributed by atoms with Gasteiger partial charge in [-0.2, -0.15) is 52.7 Å². The quantitative estimate of drug-likeness (QED) is 0.0147. The molecule has 138 heavy (non-hydrogen) atoms. The number of hydrogen-bond donors (Lipinski definition) is 3. The van der Waals surface area contributed by atoms with Gasteiger partial charge in [-0.1, -0.05) is 173 Å². The number of nitrogens with one attached hydrogen (secondary N) is 3. The van der Waals surface area contributed by atoms with Crippen LogP contribution in [0, 0.1) is 0 Å². The van der Waals surface area contributed by atoms with E-state index in [9.17, 15) is 62.3 Å². The smallest absolute Gasteiger partial charge is 1.00 e. The summed E-state index contributed by atoms with van der Waals surface area (Å²) < 4.78 is 188. The molecule has 19 nitrogen and oxygen atoms in total. The Hall–Kier alpha value is -7.98. The number of hydrogen-bond acceptors (Lipinski definition) is 18. The van der Waals surface area contributed by atoms with Crippen LogP contribution in [0.1, 0.15) is 95.7 Å². The van der Waals surface area contributed by atoms with Crippen molar-refractivity contribution in [2.45, 2.75) is 165 Å². The van der Waals surface area contributed by atoms with E-state index in [4.69, 9.17) is 83.8 Å². The Morgan fingerprint density at radius 3 is 1.37 bits per heavy atom. The van der Waals surface area contributed by atoms with Gasteiger partial charge in [-0.25, -0.2) is 44.9 Å². The van der Waals surface area contributed by atoms with E-state index in [1.165, 1.54) is 148 Å². The zero-order valence-corrected chi connectivity index (χ0v) is 88.2. The molecule has 0 amide bonds. The number of ether oxygens (including phenoxy) is 3. The second-order valence-electron chi connectivity index (χ2n) is 33.9. The Bertz CT molecular complexity index is 7080. The van der Waals surface area contributed by atoms with Crippen LogP contribution in [0.2, 0.25) is 81.5 Å². The van der Waals surface area contributed by atoms with Crippen molar-refractivity contribution in [1.82, 2.24) is 54.0 Å². The maximum absolute atomic E-state index is 14.3. The van der Waals surface area contributed by atoms with E-state index in [0.717, 1.165) is 23.1 Å². The normalized spacial score (nSPS) is 15.7. The monoisotopic (exact) mass is 2220 g/mol. The summed E-state index contributed by atoms with van der Waals surface area (Å²) >= 11 is 37.2. The van der Waals surface area contributed by atoms with E-state index in [0.29, 0.717) is 104 Å². The molecule has 3 atom stereocenters. The summed E-state index contributed by atoms with van der Waals surface area (Å²) in [7, 11) is -2.31. The van der Waals surface area contributed by atoms with Gasteiger partial charge in [-0.3, -0.25) is 9.59 Å². The van der Waals surface area contributed by atoms with E-state index < -0.39 is 62.8 Å². The maximum Gasteiger partial charge on any atom is 1.00 e. The minimum absolute atomic E-state index is 0. The van der Waals surface area contributed by atoms with Crippen molar-refractivity contribution in [2.75, 3.05) is 42.0 Å². The largest absolute Gasteiger partial charge is 1.00 e. The Balaban J connectivity index is 0.000000205. The molecule has 3 unspecified atom stereocenters. The number of aromatic nitrogens is 11. The van der Waals surface area contributed by atoms with Crippen LogP contribution in [0.15, 0.2) is 216 Å². The van der Waals surface area contributed by atoms with Crippen molar-refractivity contribution < 1.29 is 121 Å². The first-order chi connectivity index (χ1) is 63.8. The van der Waals surface area contributed by atoms with Gasteiger partial charge in [-0.05, 0) is 189 Å². The molecule has 0 fully saturated rings. The van der Waals surface area contributed by atoms with Crippen LogP contribution >= 0.6 is 105 Å². The molecule has 12 heterocycles. The molecule has 0 bridgehead atoms. The minimum Gasteiger partial charge on any atom is -1.00 e. The number of anilines is 6. The number of unbranched alkanes of at least 4 members (excludes halogenated alkanes) is 1. The van der Waals surface area contributed by atoms with Crippen LogP contribution in [-0.4, -0.2) is 115 Å². The van der Waals surface area contributed by atoms with Crippen molar-refractivity contribution >= 4 is 222 Å². The molecule has 0 aliphatic carbocycles. The maximum atomic E-state index is 14.3. The molecule has 18 rings (SSSR count). The molecule has 728 valence electrons. The Kier molecular flexibility index (Phi) is 37.5. The average Bonchev–Trinajstić information content (AvgIpc) is 0.716. The first kappa shape index (κ1) is 112. The Morgan fingerprint density at radius 1 is 0.471 bits per heavy atom. The van der Waals surface area contributed by atoms with Gasteiger partial charge in [0.2, 0.25) is 5.60 Å². The molecule has 15 aromatic rings. The molecular formula is C96H96Cl6F12IKN14O5SSi2. The number of benzene rings is 6. The summed E-state index contributed by atoms with van der Waals surface area (Å²) in [6, 6.07) is 42.1. The molecule has 6 aromatic carbocycles. The summed E-state index contributed by atoms with van der Waals surface area (Å²) in [5, 5.41) is 13.6. The third-order valence-corrected chi connectivity index (χ3v) is 28.1. The molecule has 0 spiro atoms. The molecule has 3 aliphatic heterocycles. The number of thioether (sulfide) groups is 1. The molecule has 3 aliphatic rings. The van der Waals surface area contributed by atoms with Crippen LogP contribution in [-0.2, 0) is 50.3 Å². The number of pyridine rings is 7. The predicted molar refractivity (Wildman–Crippen MR) is 544 cm³/mol. The van der Waals surface area contributed by atoms with Crippen LogP contribution in [0.5, 0.6) is 0 Å². The van der Waals surface area contributed by atoms with E-state index >= 15 is 0 Å². The average molecular weight is 2220 g/mol. The summed E-state index contributed by atoms with van der Waals surface area (Å²) in [5.74, 6) is 0.630. The zero-order chi connectivity index (χ0) is 97.7. The molecule has 42 heteroatoms. The summed E-state index contributed by atoms with van der Waals surface area (Å²) in [5.41, 5.74) is -3.15.